The number of carbonyl (C=O) groups excluding carboxylic acids is 2. The number of hydrogen-bond acceptors (Lipinski definition) is 4. The predicted octanol–water partition coefficient (Wildman–Crippen LogP) is -0.776. The summed E-state index contributed by atoms with van der Waals surface area (Å²) in [5.74, 6) is -0.822. The quantitative estimate of drug-likeness (QED) is 0.545. The van der Waals surface area contributed by atoms with Gasteiger partial charge in [-0.25, -0.2) is 0 Å². The summed E-state index contributed by atoms with van der Waals surface area (Å²) in [6.45, 7) is 2.36. The molecule has 3 N–H and O–H groups in total. The Bertz CT molecular complexity index is 195. The maximum atomic E-state index is 11.3. The highest BCUT2D eigenvalue weighted by Crippen LogP contribution is 2.06. The van der Waals surface area contributed by atoms with Crippen LogP contribution in [-0.2, 0) is 9.59 Å². The summed E-state index contributed by atoms with van der Waals surface area (Å²) in [4.78, 5) is 22.4. The van der Waals surface area contributed by atoms with Crippen LogP contribution in [0.2, 0.25) is 0 Å². The molecule has 0 aromatic heterocycles. The normalized spacial score (nSPS) is 25.3. The van der Waals surface area contributed by atoms with Crippen molar-refractivity contribution in [2.24, 2.45) is 5.73 Å². The molecule has 2 atom stereocenters. The predicted molar refractivity (Wildman–Crippen MR) is 44.7 cm³/mol. The van der Waals surface area contributed by atoms with Crippen molar-refractivity contribution >= 4 is 11.6 Å². The molecule has 0 spiro atoms. The molecule has 0 unspecified atom stereocenters. The molecule has 0 bridgehead atoms. The molecule has 68 valence electrons. The van der Waals surface area contributed by atoms with Gasteiger partial charge in [-0.2, -0.15) is 0 Å². The number of Topliss-reactive ketones (excluding diaryl/α,β-unsaturated/α-hetero) is 2. The number of nitrogens with two attached hydrogens (primary N) is 1. The van der Waals surface area contributed by atoms with Crippen LogP contribution < -0.4 is 11.1 Å². The van der Waals surface area contributed by atoms with E-state index in [0.717, 1.165) is 19.4 Å². The zero-order valence-corrected chi connectivity index (χ0v) is 7.17. The third kappa shape index (κ3) is 1.89. The van der Waals surface area contributed by atoms with Crippen molar-refractivity contribution in [1.82, 2.24) is 5.32 Å². The van der Waals surface area contributed by atoms with E-state index in [2.05, 4.69) is 5.32 Å². The number of hydrogen-bond donors (Lipinski definition) is 2. The summed E-state index contributed by atoms with van der Waals surface area (Å²) in [6.07, 6.45) is 1.72. The molecule has 1 aliphatic heterocycles. The van der Waals surface area contributed by atoms with Gasteiger partial charge in [0, 0.05) is 0 Å². The highest BCUT2D eigenvalue weighted by molar-refractivity contribution is 6.40. The minimum Gasteiger partial charge on any atom is -0.321 e. The lowest BCUT2D eigenvalue weighted by molar-refractivity contribution is -0.138. The lowest BCUT2D eigenvalue weighted by atomic mass is 10.0. The molecular formula is C8H14N2O2. The minimum absolute atomic E-state index is 0.275. The SMILES string of the molecule is C[C@H](N)C(=O)C(=O)[C@@H]1CCCN1. The van der Waals surface area contributed by atoms with Crippen molar-refractivity contribution in [1.29, 1.82) is 0 Å². The Morgan fingerprint density at radius 3 is 2.67 bits per heavy atom. The number of ketones is 2. The van der Waals surface area contributed by atoms with E-state index in [1.165, 1.54) is 6.92 Å². The van der Waals surface area contributed by atoms with Crippen molar-refractivity contribution < 1.29 is 9.59 Å². The standard InChI is InChI=1S/C8H14N2O2/c1-5(9)7(11)8(12)6-3-2-4-10-6/h5-6,10H,2-4,9H2,1H3/t5-,6-/m0/s1. The van der Waals surface area contributed by atoms with Crippen LogP contribution in [0.15, 0.2) is 0 Å². The van der Waals surface area contributed by atoms with Gasteiger partial charge in [-0.3, -0.25) is 9.59 Å². The fourth-order valence-corrected chi connectivity index (χ4v) is 1.30. The smallest absolute Gasteiger partial charge is 0.216 e. The Labute approximate surface area is 71.5 Å². The van der Waals surface area contributed by atoms with Gasteiger partial charge >= 0.3 is 0 Å². The van der Waals surface area contributed by atoms with E-state index in [1.807, 2.05) is 0 Å². The second-order valence-electron chi connectivity index (χ2n) is 3.17. The zero-order valence-electron chi connectivity index (χ0n) is 7.17. The first kappa shape index (κ1) is 9.35. The van der Waals surface area contributed by atoms with E-state index in [-0.39, 0.29) is 11.8 Å². The topological polar surface area (TPSA) is 72.2 Å². The largest absolute Gasteiger partial charge is 0.321 e. The first-order chi connectivity index (χ1) is 5.63. The van der Waals surface area contributed by atoms with Crippen LogP contribution in [-0.4, -0.2) is 30.2 Å². The third-order valence-corrected chi connectivity index (χ3v) is 2.03. The van der Waals surface area contributed by atoms with E-state index in [0.29, 0.717) is 0 Å². The van der Waals surface area contributed by atoms with Gasteiger partial charge in [0.1, 0.15) is 0 Å². The fraction of sp³-hybridized carbons (Fsp3) is 0.750. The molecule has 0 aromatic rings. The van der Waals surface area contributed by atoms with Gasteiger partial charge in [0.15, 0.2) is 0 Å². The maximum Gasteiger partial charge on any atom is 0.216 e. The number of rotatable bonds is 3. The first-order valence-corrected chi connectivity index (χ1v) is 4.20. The van der Waals surface area contributed by atoms with Crippen LogP contribution in [0.5, 0.6) is 0 Å². The van der Waals surface area contributed by atoms with Gasteiger partial charge < -0.3 is 11.1 Å². The van der Waals surface area contributed by atoms with Gasteiger partial charge in [0.2, 0.25) is 11.6 Å². The van der Waals surface area contributed by atoms with Crippen LogP contribution in [0.1, 0.15) is 19.8 Å². The second kappa shape index (κ2) is 3.78. The van der Waals surface area contributed by atoms with E-state index in [9.17, 15) is 9.59 Å². The molecule has 0 amide bonds. The van der Waals surface area contributed by atoms with E-state index in [4.69, 9.17) is 5.73 Å². The Hall–Kier alpha value is -0.740. The van der Waals surface area contributed by atoms with Crippen molar-refractivity contribution in [3.05, 3.63) is 0 Å². The molecule has 12 heavy (non-hydrogen) atoms. The second-order valence-corrected chi connectivity index (χ2v) is 3.17. The molecule has 4 heteroatoms. The first-order valence-electron chi connectivity index (χ1n) is 4.20. The van der Waals surface area contributed by atoms with E-state index >= 15 is 0 Å². The Morgan fingerprint density at radius 1 is 1.58 bits per heavy atom. The van der Waals surface area contributed by atoms with Gasteiger partial charge in [-0.05, 0) is 26.3 Å². The molecular weight excluding hydrogens is 156 g/mol. The molecule has 0 saturated carbocycles. The zero-order chi connectivity index (χ0) is 9.14. The lowest BCUT2D eigenvalue weighted by Gasteiger charge is -2.08. The van der Waals surface area contributed by atoms with Crippen LogP contribution >= 0.6 is 0 Å². The van der Waals surface area contributed by atoms with Crippen LogP contribution in [0.25, 0.3) is 0 Å². The van der Waals surface area contributed by atoms with Gasteiger partial charge in [0.25, 0.3) is 0 Å². The number of nitrogens with one attached hydrogen (secondary N) is 1. The summed E-state index contributed by atoms with van der Waals surface area (Å²) in [6, 6.07) is -0.941. The van der Waals surface area contributed by atoms with Crippen molar-refractivity contribution in [2.75, 3.05) is 6.54 Å². The minimum atomic E-state index is -0.667. The number of carbonyl (C=O) groups is 2. The Morgan fingerprint density at radius 2 is 2.25 bits per heavy atom. The summed E-state index contributed by atoms with van der Waals surface area (Å²) in [5, 5.41) is 2.97. The average Bonchev–Trinajstić information content (AvgIpc) is 2.53. The molecule has 0 aromatic carbocycles. The fourth-order valence-electron chi connectivity index (χ4n) is 1.30. The summed E-state index contributed by atoms with van der Waals surface area (Å²) >= 11 is 0. The lowest BCUT2D eigenvalue weighted by Crippen LogP contribution is -2.42. The van der Waals surface area contributed by atoms with Crippen LogP contribution in [0.3, 0.4) is 0 Å². The molecule has 1 heterocycles. The van der Waals surface area contributed by atoms with Crippen LogP contribution in [0.4, 0.5) is 0 Å². The van der Waals surface area contributed by atoms with E-state index < -0.39 is 11.8 Å². The van der Waals surface area contributed by atoms with E-state index in [1.54, 1.807) is 0 Å². The van der Waals surface area contributed by atoms with Crippen molar-refractivity contribution in [3.63, 3.8) is 0 Å². The summed E-state index contributed by atoms with van der Waals surface area (Å²) in [5.41, 5.74) is 5.31. The summed E-state index contributed by atoms with van der Waals surface area (Å²) in [7, 11) is 0. The molecule has 4 nitrogen and oxygen atoms in total. The molecule has 1 aliphatic rings. The average molecular weight is 170 g/mol. The molecule has 1 saturated heterocycles. The maximum absolute atomic E-state index is 11.3. The Balaban J connectivity index is 2.51. The molecule has 0 aliphatic carbocycles. The highest BCUT2D eigenvalue weighted by Gasteiger charge is 2.28. The third-order valence-electron chi connectivity index (χ3n) is 2.03. The van der Waals surface area contributed by atoms with Crippen molar-refractivity contribution in [3.8, 4) is 0 Å². The Kier molecular flexibility index (Phi) is 2.94. The van der Waals surface area contributed by atoms with Crippen molar-refractivity contribution in [2.45, 2.75) is 31.8 Å². The highest BCUT2D eigenvalue weighted by atomic mass is 16.2. The van der Waals surface area contributed by atoms with Gasteiger partial charge in [0.05, 0.1) is 12.1 Å². The monoisotopic (exact) mass is 170 g/mol. The summed E-state index contributed by atoms with van der Waals surface area (Å²) < 4.78 is 0. The molecule has 1 rings (SSSR count). The van der Waals surface area contributed by atoms with Crippen LogP contribution in [0, 0.1) is 0 Å². The molecule has 0 radical (unpaired) electrons. The molecule has 1 fully saturated rings. The van der Waals surface area contributed by atoms with Gasteiger partial charge in [-0.15, -0.1) is 0 Å². The van der Waals surface area contributed by atoms with Gasteiger partial charge in [-0.1, -0.05) is 0 Å².